The van der Waals surface area contributed by atoms with Gasteiger partial charge in [-0.05, 0) is 43.7 Å². The fraction of sp³-hybridized carbons (Fsp3) is 0.389. The summed E-state index contributed by atoms with van der Waals surface area (Å²) in [5.41, 5.74) is 1.99. The van der Waals surface area contributed by atoms with Crippen molar-refractivity contribution in [3.8, 4) is 5.75 Å². The van der Waals surface area contributed by atoms with Crippen molar-refractivity contribution in [1.82, 2.24) is 9.47 Å². The van der Waals surface area contributed by atoms with Gasteiger partial charge in [-0.1, -0.05) is 12.1 Å². The lowest BCUT2D eigenvalue weighted by atomic mass is 10.1. The second-order valence-electron chi connectivity index (χ2n) is 5.92. The number of nitrogens with zero attached hydrogens (tertiary/aromatic N) is 2. The van der Waals surface area contributed by atoms with Gasteiger partial charge in [0.15, 0.2) is 0 Å². The Kier molecular flexibility index (Phi) is 4.67. The van der Waals surface area contributed by atoms with E-state index < -0.39 is 0 Å². The van der Waals surface area contributed by atoms with Gasteiger partial charge in [-0.15, -0.1) is 0 Å². The van der Waals surface area contributed by atoms with Crippen LogP contribution in [0.2, 0.25) is 0 Å². The van der Waals surface area contributed by atoms with Crippen molar-refractivity contribution in [3.63, 3.8) is 0 Å². The number of ether oxygens (including phenoxy) is 1. The van der Waals surface area contributed by atoms with Crippen LogP contribution in [0.25, 0.3) is 0 Å². The number of aromatic nitrogens is 1. The number of likely N-dealkylation sites (tertiary alicyclic amines) is 1. The number of carbonyl (C=O) groups is 1. The van der Waals surface area contributed by atoms with Crippen molar-refractivity contribution >= 4 is 11.6 Å². The van der Waals surface area contributed by atoms with E-state index in [0.29, 0.717) is 18.3 Å². The van der Waals surface area contributed by atoms with Gasteiger partial charge < -0.3 is 14.6 Å². The van der Waals surface area contributed by atoms with E-state index in [2.05, 4.69) is 40.2 Å². The third-order valence-corrected chi connectivity index (χ3v) is 4.42. The maximum Gasteiger partial charge on any atom is 0.238 e. The summed E-state index contributed by atoms with van der Waals surface area (Å²) in [4.78, 5) is 14.7. The minimum atomic E-state index is -0.00407. The molecule has 1 N–H and O–H groups in total. The highest BCUT2D eigenvalue weighted by atomic mass is 16.5. The number of para-hydroxylation sites is 2. The first kappa shape index (κ1) is 15.6. The summed E-state index contributed by atoms with van der Waals surface area (Å²) < 4.78 is 7.42. The average Bonchev–Trinajstić information content (AvgIpc) is 3.16. The molecular formula is C18H23N3O2. The zero-order valence-corrected chi connectivity index (χ0v) is 13.7. The molecule has 3 rings (SSSR count). The van der Waals surface area contributed by atoms with Crippen molar-refractivity contribution in [2.45, 2.75) is 18.9 Å². The normalized spacial score (nSPS) is 18.1. The van der Waals surface area contributed by atoms with E-state index in [0.717, 1.165) is 25.1 Å². The monoisotopic (exact) mass is 313 g/mol. The molecule has 5 nitrogen and oxygen atoms in total. The summed E-state index contributed by atoms with van der Waals surface area (Å²) in [6.45, 7) is 1.35. The van der Waals surface area contributed by atoms with E-state index >= 15 is 0 Å². The molecule has 0 unspecified atom stereocenters. The molecule has 5 heteroatoms. The number of hydrogen-bond donors (Lipinski definition) is 1. The molecule has 0 bridgehead atoms. The Hall–Kier alpha value is -2.27. The molecule has 0 spiro atoms. The topological polar surface area (TPSA) is 46.5 Å². The van der Waals surface area contributed by atoms with Crippen LogP contribution in [-0.2, 0) is 11.8 Å². The van der Waals surface area contributed by atoms with Gasteiger partial charge >= 0.3 is 0 Å². The Labute approximate surface area is 136 Å². The number of benzene rings is 1. The van der Waals surface area contributed by atoms with Crippen molar-refractivity contribution in [1.29, 1.82) is 0 Å². The average molecular weight is 313 g/mol. The highest BCUT2D eigenvalue weighted by Crippen LogP contribution is 2.31. The molecule has 2 aromatic rings. The molecule has 1 atom stereocenters. The van der Waals surface area contributed by atoms with Crippen molar-refractivity contribution in [3.05, 3.63) is 48.3 Å². The first-order chi connectivity index (χ1) is 11.2. The molecule has 1 aromatic carbocycles. The second kappa shape index (κ2) is 6.87. The molecule has 0 aliphatic carbocycles. The maximum atomic E-state index is 12.4. The number of anilines is 1. The number of nitrogens with one attached hydrogen (secondary N) is 1. The lowest BCUT2D eigenvalue weighted by Gasteiger charge is -2.24. The Morgan fingerprint density at radius 3 is 2.87 bits per heavy atom. The zero-order valence-electron chi connectivity index (χ0n) is 13.7. The molecule has 1 aliphatic heterocycles. The van der Waals surface area contributed by atoms with Gasteiger partial charge in [0.1, 0.15) is 5.75 Å². The summed E-state index contributed by atoms with van der Waals surface area (Å²) in [5.74, 6) is 0.678. The lowest BCUT2D eigenvalue weighted by molar-refractivity contribution is -0.117. The van der Waals surface area contributed by atoms with Gasteiger partial charge in [0.25, 0.3) is 0 Å². The molecule has 23 heavy (non-hydrogen) atoms. The van der Waals surface area contributed by atoms with Gasteiger partial charge in [-0.3, -0.25) is 9.69 Å². The Bertz CT molecular complexity index is 680. The summed E-state index contributed by atoms with van der Waals surface area (Å²) in [5, 5.41) is 2.96. The highest BCUT2D eigenvalue weighted by Gasteiger charge is 2.29. The molecule has 1 saturated heterocycles. The SMILES string of the molecule is COc1ccccc1NC(=O)CN1CCC[C@@H]1c1cccn1C. The third kappa shape index (κ3) is 3.40. The highest BCUT2D eigenvalue weighted by molar-refractivity contribution is 5.93. The molecule has 1 fully saturated rings. The summed E-state index contributed by atoms with van der Waals surface area (Å²) in [6.07, 6.45) is 4.28. The molecule has 0 saturated carbocycles. The van der Waals surface area contributed by atoms with Gasteiger partial charge in [0, 0.05) is 18.9 Å². The van der Waals surface area contributed by atoms with E-state index in [1.165, 1.54) is 5.69 Å². The minimum absolute atomic E-state index is 0.00407. The summed E-state index contributed by atoms with van der Waals surface area (Å²) >= 11 is 0. The lowest BCUT2D eigenvalue weighted by Crippen LogP contribution is -2.33. The van der Waals surface area contributed by atoms with Gasteiger partial charge in [0.2, 0.25) is 5.91 Å². The summed E-state index contributed by atoms with van der Waals surface area (Å²) in [7, 11) is 3.66. The van der Waals surface area contributed by atoms with Crippen LogP contribution in [0.4, 0.5) is 5.69 Å². The maximum absolute atomic E-state index is 12.4. The molecule has 122 valence electrons. The van der Waals surface area contributed by atoms with E-state index in [1.54, 1.807) is 7.11 Å². The number of rotatable bonds is 5. The van der Waals surface area contributed by atoms with E-state index in [1.807, 2.05) is 24.3 Å². The molecular weight excluding hydrogens is 290 g/mol. The van der Waals surface area contributed by atoms with Gasteiger partial charge in [0.05, 0.1) is 25.4 Å². The van der Waals surface area contributed by atoms with Crippen molar-refractivity contribution in [2.75, 3.05) is 25.5 Å². The molecule has 1 amide bonds. The fourth-order valence-corrected chi connectivity index (χ4v) is 3.29. The fourth-order valence-electron chi connectivity index (χ4n) is 3.29. The third-order valence-electron chi connectivity index (χ3n) is 4.42. The number of aryl methyl sites for hydroxylation is 1. The molecule has 2 heterocycles. The largest absolute Gasteiger partial charge is 0.495 e. The summed E-state index contributed by atoms with van der Waals surface area (Å²) in [6, 6.07) is 12.0. The van der Waals surface area contributed by atoms with Crippen molar-refractivity contribution in [2.24, 2.45) is 7.05 Å². The first-order valence-corrected chi connectivity index (χ1v) is 7.97. The Balaban J connectivity index is 1.66. The predicted octanol–water partition coefficient (Wildman–Crippen LogP) is 2.81. The Morgan fingerprint density at radius 2 is 2.13 bits per heavy atom. The van der Waals surface area contributed by atoms with Crippen LogP contribution in [0.1, 0.15) is 24.6 Å². The van der Waals surface area contributed by atoms with Gasteiger partial charge in [-0.2, -0.15) is 0 Å². The smallest absolute Gasteiger partial charge is 0.238 e. The van der Waals surface area contributed by atoms with Crippen LogP contribution in [0.15, 0.2) is 42.6 Å². The van der Waals surface area contributed by atoms with Gasteiger partial charge in [-0.25, -0.2) is 0 Å². The minimum Gasteiger partial charge on any atom is -0.495 e. The quantitative estimate of drug-likeness (QED) is 0.923. The van der Waals surface area contributed by atoms with E-state index in [9.17, 15) is 4.79 Å². The molecule has 1 aliphatic rings. The zero-order chi connectivity index (χ0) is 16.2. The van der Waals surface area contributed by atoms with Crippen LogP contribution in [0, 0.1) is 0 Å². The number of amides is 1. The van der Waals surface area contributed by atoms with Crippen LogP contribution in [0.5, 0.6) is 5.75 Å². The molecule has 1 aromatic heterocycles. The predicted molar refractivity (Wildman–Crippen MR) is 90.6 cm³/mol. The van der Waals surface area contributed by atoms with Crippen LogP contribution in [-0.4, -0.2) is 35.6 Å². The number of carbonyl (C=O) groups excluding carboxylic acids is 1. The van der Waals surface area contributed by atoms with E-state index in [-0.39, 0.29) is 5.91 Å². The standard InChI is InChI=1S/C18H23N3O2/c1-20-11-5-8-15(20)16-9-6-12-21(16)13-18(22)19-14-7-3-4-10-17(14)23-2/h3-5,7-8,10-11,16H,6,9,12-13H2,1-2H3,(H,19,22)/t16-/m1/s1. The second-order valence-corrected chi connectivity index (χ2v) is 5.92. The van der Waals surface area contributed by atoms with E-state index in [4.69, 9.17) is 4.74 Å². The van der Waals surface area contributed by atoms with Crippen LogP contribution in [0.3, 0.4) is 0 Å². The van der Waals surface area contributed by atoms with Crippen LogP contribution < -0.4 is 10.1 Å². The first-order valence-electron chi connectivity index (χ1n) is 7.97. The number of hydrogen-bond acceptors (Lipinski definition) is 3. The Morgan fingerprint density at radius 1 is 1.30 bits per heavy atom. The van der Waals surface area contributed by atoms with Crippen molar-refractivity contribution < 1.29 is 9.53 Å². The number of methoxy groups -OCH3 is 1. The van der Waals surface area contributed by atoms with Crippen LogP contribution >= 0.6 is 0 Å². The molecule has 0 radical (unpaired) electrons.